The molecule has 6 atom stereocenters. The Morgan fingerprint density at radius 2 is 1.61 bits per heavy atom. The Balaban J connectivity index is 2.84. The fourth-order valence-electron chi connectivity index (χ4n) is 3.94. The number of aliphatic hydroxyl groups is 1. The molecule has 0 unspecified atom stereocenters. The van der Waals surface area contributed by atoms with E-state index in [0.29, 0.717) is 32.2 Å². The lowest BCUT2D eigenvalue weighted by molar-refractivity contribution is -0.147. The van der Waals surface area contributed by atoms with E-state index in [1.54, 1.807) is 13.8 Å². The number of rotatable bonds is 14. The molecule has 1 heterocycles. The molecule has 0 aromatic rings. The van der Waals surface area contributed by atoms with Crippen LogP contribution in [0.2, 0.25) is 0 Å². The number of hydrogen-bond donors (Lipinski definition) is 7. The summed E-state index contributed by atoms with van der Waals surface area (Å²) in [6.07, 6.45) is 1.36. The van der Waals surface area contributed by atoms with Gasteiger partial charge in [-0.2, -0.15) is 0 Å². The van der Waals surface area contributed by atoms with E-state index in [2.05, 4.69) is 16.0 Å². The normalized spacial score (nSPS) is 19.7. The number of carbonyl (C=O) groups excluding carboxylic acids is 4. The summed E-state index contributed by atoms with van der Waals surface area (Å²) in [4.78, 5) is 63.8. The van der Waals surface area contributed by atoms with Crippen LogP contribution in [0.3, 0.4) is 0 Å². The van der Waals surface area contributed by atoms with Gasteiger partial charge in [-0.1, -0.05) is 20.3 Å². The first-order chi connectivity index (χ1) is 16.8. The van der Waals surface area contributed by atoms with Crippen LogP contribution in [0.4, 0.5) is 0 Å². The van der Waals surface area contributed by atoms with Gasteiger partial charge in [-0.05, 0) is 52.0 Å². The number of aliphatic hydroxyl groups excluding tert-OH is 1. The Morgan fingerprint density at radius 1 is 0.972 bits per heavy atom. The average Bonchev–Trinajstić information content (AvgIpc) is 3.29. The van der Waals surface area contributed by atoms with Crippen LogP contribution >= 0.6 is 0 Å². The fraction of sp³-hybridized carbons (Fsp3) is 0.783. The number of unbranched alkanes of at least 4 members (excludes halogenated alkanes) is 1. The molecule has 1 saturated heterocycles. The number of likely N-dealkylation sites (tertiary alicyclic amines) is 1. The highest BCUT2D eigenvalue weighted by atomic mass is 16.4. The summed E-state index contributed by atoms with van der Waals surface area (Å²) in [7, 11) is 0. The molecule has 0 saturated carbocycles. The van der Waals surface area contributed by atoms with Gasteiger partial charge >= 0.3 is 5.97 Å². The largest absolute Gasteiger partial charge is 0.480 e. The van der Waals surface area contributed by atoms with Crippen LogP contribution in [0.25, 0.3) is 0 Å². The summed E-state index contributed by atoms with van der Waals surface area (Å²) in [5.74, 6) is -3.97. The van der Waals surface area contributed by atoms with Gasteiger partial charge in [0.05, 0.1) is 12.1 Å². The van der Waals surface area contributed by atoms with Gasteiger partial charge < -0.3 is 42.5 Å². The molecule has 9 N–H and O–H groups in total. The van der Waals surface area contributed by atoms with Gasteiger partial charge in [-0.25, -0.2) is 4.79 Å². The predicted molar refractivity (Wildman–Crippen MR) is 131 cm³/mol. The molecule has 206 valence electrons. The lowest BCUT2D eigenvalue weighted by Gasteiger charge is -2.32. The van der Waals surface area contributed by atoms with Gasteiger partial charge in [-0.15, -0.1) is 0 Å². The van der Waals surface area contributed by atoms with Crippen LogP contribution < -0.4 is 27.4 Å². The molecule has 0 spiro atoms. The quantitative estimate of drug-likeness (QED) is 0.128. The number of nitrogens with two attached hydrogens (primary N) is 2. The van der Waals surface area contributed by atoms with Crippen molar-refractivity contribution < 1.29 is 34.2 Å². The highest BCUT2D eigenvalue weighted by Gasteiger charge is 2.40. The molecule has 0 radical (unpaired) electrons. The summed E-state index contributed by atoms with van der Waals surface area (Å²) < 4.78 is 0. The molecule has 1 aliphatic heterocycles. The third-order valence-corrected chi connectivity index (χ3v) is 6.17. The molecule has 4 amide bonds. The van der Waals surface area contributed by atoms with Crippen LogP contribution in [0, 0.1) is 5.92 Å². The number of aliphatic carboxylic acids is 1. The van der Waals surface area contributed by atoms with E-state index in [1.807, 2.05) is 0 Å². The van der Waals surface area contributed by atoms with E-state index in [4.69, 9.17) is 11.5 Å². The Bertz CT molecular complexity index is 791. The number of carboxylic acid groups (broad SMARTS) is 1. The van der Waals surface area contributed by atoms with Crippen molar-refractivity contribution in [1.82, 2.24) is 20.9 Å². The van der Waals surface area contributed by atoms with Gasteiger partial charge in [0.1, 0.15) is 18.1 Å². The zero-order valence-electron chi connectivity index (χ0n) is 21.5. The van der Waals surface area contributed by atoms with E-state index in [1.165, 1.54) is 18.7 Å². The SMILES string of the molecule is CC(C)[C@H](NC(=O)[C@H](C)NC(=O)[C@@H](N)CCCCN)C(=O)N1CCC[C@H]1C(=O)N[C@H](C(=O)O)[C@@H](C)O. The van der Waals surface area contributed by atoms with Gasteiger partial charge in [-0.3, -0.25) is 19.2 Å². The summed E-state index contributed by atoms with van der Waals surface area (Å²) in [6, 6.07) is -5.15. The van der Waals surface area contributed by atoms with Crippen LogP contribution in [-0.2, 0) is 24.0 Å². The lowest BCUT2D eigenvalue weighted by Crippen LogP contribution is -2.59. The number of carboxylic acids is 1. The van der Waals surface area contributed by atoms with Crippen LogP contribution in [0.5, 0.6) is 0 Å². The zero-order chi connectivity index (χ0) is 27.6. The highest BCUT2D eigenvalue weighted by molar-refractivity contribution is 5.95. The molecule has 36 heavy (non-hydrogen) atoms. The molecular formula is C23H42N6O7. The van der Waals surface area contributed by atoms with Gasteiger partial charge in [0.2, 0.25) is 23.6 Å². The second-order valence-corrected chi connectivity index (χ2v) is 9.61. The van der Waals surface area contributed by atoms with Crippen molar-refractivity contribution in [2.24, 2.45) is 17.4 Å². The van der Waals surface area contributed by atoms with Crippen molar-refractivity contribution >= 4 is 29.6 Å². The number of hydrogen-bond acceptors (Lipinski definition) is 8. The van der Waals surface area contributed by atoms with Crippen LogP contribution in [-0.4, -0.2) is 94.1 Å². The summed E-state index contributed by atoms with van der Waals surface area (Å²) >= 11 is 0. The van der Waals surface area contributed by atoms with Crippen molar-refractivity contribution in [3.63, 3.8) is 0 Å². The summed E-state index contributed by atoms with van der Waals surface area (Å²) in [5.41, 5.74) is 11.3. The Hall–Kier alpha value is -2.77. The highest BCUT2D eigenvalue weighted by Crippen LogP contribution is 2.21. The smallest absolute Gasteiger partial charge is 0.328 e. The number of amides is 4. The number of carbonyl (C=O) groups is 5. The maximum Gasteiger partial charge on any atom is 0.328 e. The fourth-order valence-corrected chi connectivity index (χ4v) is 3.94. The molecular weight excluding hydrogens is 472 g/mol. The molecule has 0 bridgehead atoms. The number of nitrogens with zero attached hydrogens (tertiary/aromatic N) is 1. The molecule has 1 rings (SSSR count). The standard InChI is InChI=1S/C23H42N6O7/c1-12(2)17(27-19(31)13(3)26-20(32)15(25)8-5-6-10-24)22(34)29-11-7-9-16(29)21(33)28-18(14(4)30)23(35)36/h12-18,30H,5-11,24-25H2,1-4H3,(H,26,32)(H,27,31)(H,28,33)(H,35,36)/t13-,14+,15-,16-,17-,18-/m0/s1. The van der Waals surface area contributed by atoms with Gasteiger partial charge in [0.15, 0.2) is 6.04 Å². The van der Waals surface area contributed by atoms with Crippen molar-refractivity contribution in [3.8, 4) is 0 Å². The average molecular weight is 515 g/mol. The minimum absolute atomic E-state index is 0.256. The third kappa shape index (κ3) is 9.03. The molecule has 0 aromatic heterocycles. The molecule has 13 heteroatoms. The third-order valence-electron chi connectivity index (χ3n) is 6.17. The van der Waals surface area contributed by atoms with E-state index < -0.39 is 65.9 Å². The summed E-state index contributed by atoms with van der Waals surface area (Å²) in [6.45, 7) is 6.95. The molecule has 13 nitrogen and oxygen atoms in total. The van der Waals surface area contributed by atoms with E-state index in [-0.39, 0.29) is 12.5 Å². The van der Waals surface area contributed by atoms with Crippen molar-refractivity contribution in [1.29, 1.82) is 0 Å². The van der Waals surface area contributed by atoms with Crippen molar-refractivity contribution in [2.75, 3.05) is 13.1 Å². The first kappa shape index (κ1) is 31.3. The van der Waals surface area contributed by atoms with Crippen LogP contribution in [0.15, 0.2) is 0 Å². The first-order valence-corrected chi connectivity index (χ1v) is 12.4. The van der Waals surface area contributed by atoms with Crippen molar-refractivity contribution in [3.05, 3.63) is 0 Å². The lowest BCUT2D eigenvalue weighted by atomic mass is 10.0. The van der Waals surface area contributed by atoms with E-state index in [9.17, 15) is 34.2 Å². The van der Waals surface area contributed by atoms with Crippen LogP contribution in [0.1, 0.15) is 59.8 Å². The molecule has 0 aliphatic carbocycles. The summed E-state index contributed by atoms with van der Waals surface area (Å²) in [5, 5.41) is 26.4. The first-order valence-electron chi connectivity index (χ1n) is 12.4. The minimum Gasteiger partial charge on any atom is -0.480 e. The maximum absolute atomic E-state index is 13.3. The topological polar surface area (TPSA) is 217 Å². The Morgan fingerprint density at radius 3 is 2.14 bits per heavy atom. The Labute approximate surface area is 211 Å². The van der Waals surface area contributed by atoms with E-state index >= 15 is 0 Å². The van der Waals surface area contributed by atoms with Gasteiger partial charge in [0.25, 0.3) is 0 Å². The molecule has 1 aliphatic rings. The zero-order valence-corrected chi connectivity index (χ0v) is 21.5. The number of nitrogens with one attached hydrogen (secondary N) is 3. The second-order valence-electron chi connectivity index (χ2n) is 9.61. The second kappa shape index (κ2) is 14.7. The molecule has 1 fully saturated rings. The van der Waals surface area contributed by atoms with E-state index in [0.717, 1.165) is 6.42 Å². The monoisotopic (exact) mass is 514 g/mol. The minimum atomic E-state index is -1.51. The van der Waals surface area contributed by atoms with Crippen molar-refractivity contribution in [2.45, 2.75) is 96.1 Å². The Kier molecular flexibility index (Phi) is 12.8. The maximum atomic E-state index is 13.3. The predicted octanol–water partition coefficient (Wildman–Crippen LogP) is -1.97. The molecule has 0 aromatic carbocycles. The van der Waals surface area contributed by atoms with Gasteiger partial charge in [0, 0.05) is 6.54 Å².